The molecule has 27 valence electrons. The van der Waals surface area contributed by atoms with Gasteiger partial charge in [0, 0.05) is 0 Å². The molecule has 0 aromatic carbocycles. The molecule has 1 aliphatic rings. The fourth-order valence-corrected chi connectivity index (χ4v) is 0.144. The van der Waals surface area contributed by atoms with Gasteiger partial charge in [-0.3, -0.25) is 10.2 Å². The lowest BCUT2D eigenvalue weighted by Gasteiger charge is -2.08. The molecule has 0 atom stereocenters. The van der Waals surface area contributed by atoms with Gasteiger partial charge in [-0.15, -0.1) is 5.43 Å². The Morgan fingerprint density at radius 3 is 2.40 bits per heavy atom. The first kappa shape index (κ1) is 2.66. The summed E-state index contributed by atoms with van der Waals surface area (Å²) in [5.74, 6) is 0.0185. The Bertz CT molecular complexity index is 54.7. The standard InChI is InChI=1S/C2H3N2O/c5-2-1-3-4-2/h1H2,(H,4,5). The van der Waals surface area contributed by atoms with Crippen LogP contribution in [-0.4, -0.2) is 12.5 Å². The van der Waals surface area contributed by atoms with Crippen LogP contribution in [-0.2, 0) is 4.79 Å². The largest absolute Gasteiger partial charge is 0.272 e. The van der Waals surface area contributed by atoms with Gasteiger partial charge in [-0.1, -0.05) is 0 Å². The summed E-state index contributed by atoms with van der Waals surface area (Å²) in [5.41, 5.74) is 5.59. The van der Waals surface area contributed by atoms with Crippen molar-refractivity contribution in [2.75, 3.05) is 6.54 Å². The maximum Gasteiger partial charge on any atom is 0.253 e. The van der Waals surface area contributed by atoms with Crippen molar-refractivity contribution in [1.29, 1.82) is 0 Å². The van der Waals surface area contributed by atoms with Gasteiger partial charge >= 0.3 is 0 Å². The van der Waals surface area contributed by atoms with Gasteiger partial charge in [0.2, 0.25) is 0 Å². The molecule has 0 unspecified atom stereocenters. The van der Waals surface area contributed by atoms with Gasteiger partial charge in [0.15, 0.2) is 0 Å². The van der Waals surface area contributed by atoms with Crippen LogP contribution in [0.1, 0.15) is 0 Å². The van der Waals surface area contributed by atoms with Crippen molar-refractivity contribution in [3.8, 4) is 0 Å². The lowest BCUT2D eigenvalue weighted by atomic mass is 10.6. The fourth-order valence-electron chi connectivity index (χ4n) is 0.144. The smallest absolute Gasteiger partial charge is 0.253 e. The number of carbonyl (C=O) groups is 1. The summed E-state index contributed by atoms with van der Waals surface area (Å²) in [6.45, 7) is 0.361. The van der Waals surface area contributed by atoms with Crippen molar-refractivity contribution in [1.82, 2.24) is 10.9 Å². The second kappa shape index (κ2) is 0.687. The van der Waals surface area contributed by atoms with E-state index < -0.39 is 0 Å². The van der Waals surface area contributed by atoms with Gasteiger partial charge in [-0.25, -0.2) is 0 Å². The molecular weight excluding hydrogens is 68.0 g/mol. The third kappa shape index (κ3) is 0.238. The quantitative estimate of drug-likeness (QED) is 0.376. The summed E-state index contributed by atoms with van der Waals surface area (Å²) in [5, 5.41) is 0. The van der Waals surface area contributed by atoms with Crippen molar-refractivity contribution in [2.45, 2.75) is 0 Å². The van der Waals surface area contributed by atoms with Crippen LogP contribution in [0.5, 0.6) is 0 Å². The van der Waals surface area contributed by atoms with Crippen LogP contribution in [0.2, 0.25) is 0 Å². The molecule has 1 aliphatic heterocycles. The van der Waals surface area contributed by atoms with E-state index in [4.69, 9.17) is 0 Å². The molecule has 0 saturated carbocycles. The SMILES string of the molecule is O=C1C[N]N1. The summed E-state index contributed by atoms with van der Waals surface area (Å²) in [6.07, 6.45) is 0. The molecule has 1 fully saturated rings. The highest BCUT2D eigenvalue weighted by Crippen LogP contribution is 1.68. The van der Waals surface area contributed by atoms with Crippen molar-refractivity contribution in [2.24, 2.45) is 0 Å². The zero-order chi connectivity index (χ0) is 3.70. The second-order valence-corrected chi connectivity index (χ2v) is 0.851. The van der Waals surface area contributed by atoms with Crippen LogP contribution in [0.15, 0.2) is 0 Å². The van der Waals surface area contributed by atoms with Gasteiger partial charge in [0.25, 0.3) is 5.91 Å². The molecule has 0 bridgehead atoms. The van der Waals surface area contributed by atoms with Gasteiger partial charge in [-0.05, 0) is 0 Å². The Morgan fingerprint density at radius 1 is 2.00 bits per heavy atom. The predicted octanol–water partition coefficient (Wildman–Crippen LogP) is -1.36. The van der Waals surface area contributed by atoms with Crippen LogP contribution < -0.4 is 10.9 Å². The monoisotopic (exact) mass is 71.0 g/mol. The molecule has 0 aromatic rings. The van der Waals surface area contributed by atoms with E-state index in [0.29, 0.717) is 6.54 Å². The molecule has 0 aliphatic carbocycles. The van der Waals surface area contributed by atoms with Crippen molar-refractivity contribution >= 4 is 5.91 Å². The highest BCUT2D eigenvalue weighted by Gasteiger charge is 2.08. The first-order valence-corrected chi connectivity index (χ1v) is 1.35. The first-order valence-electron chi connectivity index (χ1n) is 1.35. The third-order valence-electron chi connectivity index (χ3n) is 0.426. The van der Waals surface area contributed by atoms with E-state index >= 15 is 0 Å². The summed E-state index contributed by atoms with van der Waals surface area (Å²) >= 11 is 0. The van der Waals surface area contributed by atoms with E-state index in [1.807, 2.05) is 0 Å². The van der Waals surface area contributed by atoms with Gasteiger partial charge in [-0.2, -0.15) is 0 Å². The van der Waals surface area contributed by atoms with Gasteiger partial charge in [0.1, 0.15) is 6.54 Å². The number of nitrogens with zero attached hydrogens (tertiary/aromatic N) is 1. The Morgan fingerprint density at radius 2 is 2.40 bits per heavy atom. The number of nitrogens with one attached hydrogen (secondary N) is 1. The molecule has 0 aromatic heterocycles. The summed E-state index contributed by atoms with van der Waals surface area (Å²) < 4.78 is 0. The summed E-state index contributed by atoms with van der Waals surface area (Å²) in [6, 6.07) is 0. The highest BCUT2D eigenvalue weighted by atomic mass is 16.2. The van der Waals surface area contributed by atoms with Crippen LogP contribution in [0.25, 0.3) is 0 Å². The van der Waals surface area contributed by atoms with E-state index in [1.54, 1.807) is 0 Å². The Balaban J connectivity index is 2.32. The lowest BCUT2D eigenvalue weighted by Crippen LogP contribution is -2.49. The van der Waals surface area contributed by atoms with E-state index in [9.17, 15) is 4.79 Å². The first-order chi connectivity index (χ1) is 2.39. The number of carbonyl (C=O) groups excluding carboxylic acids is 1. The van der Waals surface area contributed by atoms with Crippen molar-refractivity contribution < 1.29 is 4.79 Å². The molecule has 1 rings (SSSR count). The normalized spacial score (nSPS) is 20.4. The van der Waals surface area contributed by atoms with E-state index in [-0.39, 0.29) is 5.91 Å². The van der Waals surface area contributed by atoms with E-state index in [1.165, 1.54) is 0 Å². The predicted molar refractivity (Wildman–Crippen MR) is 15.1 cm³/mol. The fraction of sp³-hybridized carbons (Fsp3) is 0.500. The average molecular weight is 71.1 g/mol. The van der Waals surface area contributed by atoms with Gasteiger partial charge < -0.3 is 0 Å². The van der Waals surface area contributed by atoms with Crippen molar-refractivity contribution in [3.63, 3.8) is 0 Å². The average Bonchev–Trinajstić information content (AvgIpc) is 1.30. The minimum Gasteiger partial charge on any atom is -0.272 e. The molecule has 1 saturated heterocycles. The zero-order valence-electron chi connectivity index (χ0n) is 2.56. The maximum absolute atomic E-state index is 9.69. The highest BCUT2D eigenvalue weighted by molar-refractivity contribution is 5.81. The molecule has 1 amide bonds. The Hall–Kier alpha value is -0.570. The number of amides is 1. The molecule has 0 spiro atoms. The number of hydrogen-bond acceptors (Lipinski definition) is 1. The molecule has 3 heteroatoms. The Kier molecular flexibility index (Phi) is 0.365. The molecule has 3 nitrogen and oxygen atoms in total. The minimum atomic E-state index is 0.0185. The summed E-state index contributed by atoms with van der Waals surface area (Å²) in [7, 11) is 0. The minimum absolute atomic E-state index is 0.0185. The molecule has 1 heterocycles. The maximum atomic E-state index is 9.69. The number of hydrogen-bond donors (Lipinski definition) is 1. The van der Waals surface area contributed by atoms with E-state index in [2.05, 4.69) is 10.9 Å². The van der Waals surface area contributed by atoms with Crippen molar-refractivity contribution in [3.05, 3.63) is 0 Å². The third-order valence-corrected chi connectivity index (χ3v) is 0.426. The number of rotatable bonds is 0. The van der Waals surface area contributed by atoms with Crippen LogP contribution >= 0.6 is 0 Å². The molecular formula is C2H3N2O. The molecule has 1 N–H and O–H groups in total. The zero-order valence-corrected chi connectivity index (χ0v) is 2.56. The molecule has 1 radical (unpaired) electrons. The molecule has 5 heavy (non-hydrogen) atoms. The lowest BCUT2D eigenvalue weighted by molar-refractivity contribution is -0.127. The van der Waals surface area contributed by atoms with Crippen LogP contribution in [0.3, 0.4) is 0 Å². The van der Waals surface area contributed by atoms with Crippen LogP contribution in [0.4, 0.5) is 0 Å². The topological polar surface area (TPSA) is 43.2 Å². The van der Waals surface area contributed by atoms with E-state index in [0.717, 1.165) is 0 Å². The van der Waals surface area contributed by atoms with Gasteiger partial charge in [0.05, 0.1) is 0 Å². The Labute approximate surface area is 29.3 Å². The summed E-state index contributed by atoms with van der Waals surface area (Å²) in [4.78, 5) is 9.69. The van der Waals surface area contributed by atoms with Crippen LogP contribution in [0, 0.1) is 0 Å². The second-order valence-electron chi connectivity index (χ2n) is 0.851.